The summed E-state index contributed by atoms with van der Waals surface area (Å²) in [5.74, 6) is 0. The summed E-state index contributed by atoms with van der Waals surface area (Å²) < 4.78 is 0. The van der Waals surface area contributed by atoms with Gasteiger partial charge in [0.25, 0.3) is 5.69 Å². The predicted octanol–water partition coefficient (Wildman–Crippen LogP) is 2.47. The molecule has 0 fully saturated rings. The van der Waals surface area contributed by atoms with Gasteiger partial charge in [-0.25, -0.2) is 4.98 Å². The first-order valence-corrected chi connectivity index (χ1v) is 5.52. The van der Waals surface area contributed by atoms with Crippen LogP contribution in [0.5, 0.6) is 0 Å². The zero-order valence-corrected chi connectivity index (χ0v) is 9.91. The van der Waals surface area contributed by atoms with Crippen molar-refractivity contribution in [2.75, 3.05) is 5.32 Å². The van der Waals surface area contributed by atoms with Crippen molar-refractivity contribution in [2.45, 2.75) is 6.54 Å². The van der Waals surface area contributed by atoms with Crippen LogP contribution in [0.25, 0.3) is 0 Å². The highest BCUT2D eigenvalue weighted by atomic mass is 16.6. The molecular weight excluding hydrogens is 244 g/mol. The number of benzene rings is 1. The van der Waals surface area contributed by atoms with Gasteiger partial charge >= 0.3 is 0 Å². The molecule has 0 aliphatic rings. The number of nitro benzene ring substituents is 1. The molecule has 1 aromatic heterocycles. The molecule has 0 saturated heterocycles. The molecule has 1 heterocycles. The Morgan fingerprint density at radius 1 is 1.37 bits per heavy atom. The number of hydrogen-bond donors (Lipinski definition) is 1. The highest BCUT2D eigenvalue weighted by molar-refractivity contribution is 5.47. The Balaban J connectivity index is 2.08. The molecule has 0 radical (unpaired) electrons. The Morgan fingerprint density at radius 2 is 2.21 bits per heavy atom. The molecule has 0 aliphatic carbocycles. The lowest BCUT2D eigenvalue weighted by Gasteiger charge is -2.06. The van der Waals surface area contributed by atoms with E-state index in [2.05, 4.69) is 10.3 Å². The van der Waals surface area contributed by atoms with Crippen molar-refractivity contribution < 1.29 is 4.92 Å². The molecule has 1 N–H and O–H groups in total. The second kappa shape index (κ2) is 5.60. The molecule has 0 spiro atoms. The molecule has 94 valence electrons. The average molecular weight is 254 g/mol. The van der Waals surface area contributed by atoms with E-state index in [-0.39, 0.29) is 5.69 Å². The number of pyridine rings is 1. The lowest BCUT2D eigenvalue weighted by atomic mass is 10.2. The van der Waals surface area contributed by atoms with Crippen molar-refractivity contribution in [2.24, 2.45) is 0 Å². The molecule has 0 bridgehead atoms. The van der Waals surface area contributed by atoms with Gasteiger partial charge in [0.2, 0.25) is 0 Å². The fourth-order valence-corrected chi connectivity index (χ4v) is 1.59. The van der Waals surface area contributed by atoms with Crippen molar-refractivity contribution in [1.82, 2.24) is 4.98 Å². The number of rotatable bonds is 4. The van der Waals surface area contributed by atoms with E-state index in [1.807, 2.05) is 6.07 Å². The molecule has 1 aromatic carbocycles. The lowest BCUT2D eigenvalue weighted by Crippen LogP contribution is -2.00. The van der Waals surface area contributed by atoms with Crippen LogP contribution in [0, 0.1) is 21.4 Å². The first-order valence-electron chi connectivity index (χ1n) is 5.52. The number of aromatic nitrogens is 1. The molecule has 19 heavy (non-hydrogen) atoms. The van der Waals surface area contributed by atoms with Gasteiger partial charge in [-0.15, -0.1) is 0 Å². The molecule has 2 aromatic rings. The summed E-state index contributed by atoms with van der Waals surface area (Å²) in [5.41, 5.74) is 1.93. The first kappa shape index (κ1) is 12.5. The van der Waals surface area contributed by atoms with Crippen LogP contribution >= 0.6 is 0 Å². The molecule has 0 saturated carbocycles. The lowest BCUT2D eigenvalue weighted by molar-refractivity contribution is -0.384. The second-order valence-corrected chi connectivity index (χ2v) is 3.82. The maximum atomic E-state index is 10.7. The number of nitrogens with zero attached hydrogens (tertiary/aromatic N) is 3. The van der Waals surface area contributed by atoms with E-state index in [0.717, 1.165) is 11.3 Å². The van der Waals surface area contributed by atoms with E-state index in [4.69, 9.17) is 5.26 Å². The quantitative estimate of drug-likeness (QED) is 0.668. The largest absolute Gasteiger partial charge is 0.381 e. The van der Waals surface area contributed by atoms with Crippen molar-refractivity contribution in [3.8, 4) is 6.07 Å². The Hall–Kier alpha value is -2.94. The average Bonchev–Trinajstić information content (AvgIpc) is 2.45. The predicted molar refractivity (Wildman–Crippen MR) is 69.4 cm³/mol. The number of nitrogens with one attached hydrogen (secondary N) is 1. The Bertz CT molecular complexity index is 649. The number of anilines is 1. The van der Waals surface area contributed by atoms with Crippen LogP contribution in [0.4, 0.5) is 11.4 Å². The van der Waals surface area contributed by atoms with Gasteiger partial charge in [-0.2, -0.15) is 5.26 Å². The molecule has 0 atom stereocenters. The third-order valence-electron chi connectivity index (χ3n) is 2.49. The van der Waals surface area contributed by atoms with E-state index in [9.17, 15) is 10.1 Å². The third kappa shape index (κ3) is 3.26. The standard InChI is InChI=1S/C13H10N4O2/c14-8-12-7-11(4-5-15-12)16-9-10-2-1-3-13(6-10)17(18)19/h1-7H,9H2,(H,15,16). The number of hydrogen-bond acceptors (Lipinski definition) is 5. The smallest absolute Gasteiger partial charge is 0.269 e. The van der Waals surface area contributed by atoms with Crippen molar-refractivity contribution in [1.29, 1.82) is 5.26 Å². The van der Waals surface area contributed by atoms with Gasteiger partial charge in [0.1, 0.15) is 11.8 Å². The van der Waals surface area contributed by atoms with E-state index in [0.29, 0.717) is 12.2 Å². The number of nitriles is 1. The molecule has 0 amide bonds. The van der Waals surface area contributed by atoms with Crippen LogP contribution in [0.2, 0.25) is 0 Å². The summed E-state index contributed by atoms with van der Waals surface area (Å²) in [5, 5.41) is 22.5. The van der Waals surface area contributed by atoms with Gasteiger partial charge in [0.15, 0.2) is 0 Å². The summed E-state index contributed by atoms with van der Waals surface area (Å²) >= 11 is 0. The fraction of sp³-hybridized carbons (Fsp3) is 0.0769. The minimum absolute atomic E-state index is 0.0618. The van der Waals surface area contributed by atoms with Gasteiger partial charge < -0.3 is 5.32 Å². The van der Waals surface area contributed by atoms with Crippen LogP contribution < -0.4 is 5.32 Å². The van der Waals surface area contributed by atoms with Gasteiger partial charge in [0, 0.05) is 30.6 Å². The summed E-state index contributed by atoms with van der Waals surface area (Å²) in [6, 6.07) is 11.7. The van der Waals surface area contributed by atoms with Gasteiger partial charge in [-0.3, -0.25) is 10.1 Å². The Labute approximate surface area is 109 Å². The Morgan fingerprint density at radius 3 is 2.95 bits per heavy atom. The maximum Gasteiger partial charge on any atom is 0.269 e. The zero-order chi connectivity index (χ0) is 13.7. The molecule has 6 heteroatoms. The summed E-state index contributed by atoms with van der Waals surface area (Å²) in [6.45, 7) is 0.441. The highest BCUT2D eigenvalue weighted by Gasteiger charge is 2.05. The fourth-order valence-electron chi connectivity index (χ4n) is 1.59. The van der Waals surface area contributed by atoms with Crippen molar-refractivity contribution >= 4 is 11.4 Å². The van der Waals surface area contributed by atoms with Crippen LogP contribution in [0.3, 0.4) is 0 Å². The van der Waals surface area contributed by atoms with Crippen molar-refractivity contribution in [3.05, 3.63) is 64.0 Å². The zero-order valence-electron chi connectivity index (χ0n) is 9.91. The van der Waals surface area contributed by atoms with Crippen molar-refractivity contribution in [3.63, 3.8) is 0 Å². The van der Waals surface area contributed by atoms with E-state index >= 15 is 0 Å². The highest BCUT2D eigenvalue weighted by Crippen LogP contribution is 2.15. The second-order valence-electron chi connectivity index (χ2n) is 3.82. The van der Waals surface area contributed by atoms with Gasteiger partial charge in [-0.05, 0) is 17.7 Å². The minimum atomic E-state index is -0.427. The summed E-state index contributed by atoms with van der Waals surface area (Å²) in [4.78, 5) is 14.1. The summed E-state index contributed by atoms with van der Waals surface area (Å²) in [6.07, 6.45) is 1.54. The molecular formula is C13H10N4O2. The topological polar surface area (TPSA) is 91.8 Å². The van der Waals surface area contributed by atoms with E-state index in [1.165, 1.54) is 18.3 Å². The van der Waals surface area contributed by atoms with E-state index < -0.39 is 4.92 Å². The number of non-ortho nitro benzene ring substituents is 1. The normalized spacial score (nSPS) is 9.63. The molecule has 6 nitrogen and oxygen atoms in total. The Kier molecular flexibility index (Phi) is 3.69. The first-order chi connectivity index (χ1) is 9.19. The van der Waals surface area contributed by atoms with Gasteiger partial charge in [0.05, 0.1) is 4.92 Å². The molecule has 2 rings (SSSR count). The molecule has 0 aliphatic heterocycles. The van der Waals surface area contributed by atoms with E-state index in [1.54, 1.807) is 24.3 Å². The number of nitro groups is 1. The summed E-state index contributed by atoms with van der Waals surface area (Å²) in [7, 11) is 0. The third-order valence-corrected chi connectivity index (χ3v) is 2.49. The van der Waals surface area contributed by atoms with Crippen LogP contribution in [0.15, 0.2) is 42.6 Å². The van der Waals surface area contributed by atoms with Crippen LogP contribution in [-0.2, 0) is 6.54 Å². The molecule has 0 unspecified atom stereocenters. The maximum absolute atomic E-state index is 10.7. The van der Waals surface area contributed by atoms with Gasteiger partial charge in [-0.1, -0.05) is 12.1 Å². The van der Waals surface area contributed by atoms with Crippen LogP contribution in [0.1, 0.15) is 11.3 Å². The SMILES string of the molecule is N#Cc1cc(NCc2cccc([N+](=O)[O-])c2)ccn1. The minimum Gasteiger partial charge on any atom is -0.381 e. The monoisotopic (exact) mass is 254 g/mol. The van der Waals surface area contributed by atoms with Crippen LogP contribution in [-0.4, -0.2) is 9.91 Å².